The van der Waals surface area contributed by atoms with E-state index < -0.39 is 0 Å². The van der Waals surface area contributed by atoms with Crippen LogP contribution in [0.25, 0.3) is 0 Å². The minimum absolute atomic E-state index is 0.0197. The van der Waals surface area contributed by atoms with Crippen LogP contribution in [0.5, 0.6) is 0 Å². The largest absolute Gasteiger partial charge is 0.341 e. The molecule has 0 spiro atoms. The first-order valence-corrected chi connectivity index (χ1v) is 8.76. The van der Waals surface area contributed by atoms with E-state index in [1.165, 1.54) is 0 Å². The number of carbonyl (C=O) groups excluding carboxylic acids is 2. The zero-order valence-electron chi connectivity index (χ0n) is 14.5. The molecule has 0 saturated carbocycles. The lowest BCUT2D eigenvalue weighted by atomic mass is 9.92. The van der Waals surface area contributed by atoms with Gasteiger partial charge in [-0.1, -0.05) is 6.07 Å². The number of aromatic nitrogens is 1. The third-order valence-corrected chi connectivity index (χ3v) is 5.07. The molecule has 1 atom stereocenters. The fourth-order valence-corrected chi connectivity index (χ4v) is 3.70. The maximum absolute atomic E-state index is 12.8. The summed E-state index contributed by atoms with van der Waals surface area (Å²) in [7, 11) is 0. The van der Waals surface area contributed by atoms with Crippen molar-refractivity contribution in [1.29, 1.82) is 0 Å². The Morgan fingerprint density at radius 1 is 1.21 bits per heavy atom. The van der Waals surface area contributed by atoms with Crippen LogP contribution in [0, 0.1) is 6.92 Å². The van der Waals surface area contributed by atoms with Gasteiger partial charge in [0.1, 0.15) is 6.04 Å². The van der Waals surface area contributed by atoms with E-state index in [0.29, 0.717) is 19.0 Å². The van der Waals surface area contributed by atoms with Gasteiger partial charge in [-0.2, -0.15) is 0 Å². The molecule has 0 aliphatic carbocycles. The third kappa shape index (κ3) is 3.59. The van der Waals surface area contributed by atoms with Gasteiger partial charge in [0, 0.05) is 57.0 Å². The van der Waals surface area contributed by atoms with Gasteiger partial charge in [-0.3, -0.25) is 14.6 Å². The lowest BCUT2D eigenvalue weighted by Gasteiger charge is -2.39. The normalized spacial score (nSPS) is 22.5. The van der Waals surface area contributed by atoms with Crippen LogP contribution in [0.15, 0.2) is 18.2 Å². The van der Waals surface area contributed by atoms with Crippen molar-refractivity contribution in [3.8, 4) is 0 Å². The number of pyridine rings is 1. The molecule has 3 heterocycles. The number of nitrogens with one attached hydrogen (secondary N) is 1. The summed E-state index contributed by atoms with van der Waals surface area (Å²) in [5.74, 6) is 0.476. The molecule has 0 radical (unpaired) electrons. The molecule has 2 aliphatic heterocycles. The quantitative estimate of drug-likeness (QED) is 0.876. The highest BCUT2D eigenvalue weighted by Gasteiger charge is 2.35. The zero-order valence-corrected chi connectivity index (χ0v) is 14.5. The van der Waals surface area contributed by atoms with Crippen LogP contribution in [-0.2, 0) is 9.59 Å². The van der Waals surface area contributed by atoms with Crippen LogP contribution in [-0.4, -0.2) is 65.4 Å². The van der Waals surface area contributed by atoms with Gasteiger partial charge < -0.3 is 15.1 Å². The van der Waals surface area contributed by atoms with Gasteiger partial charge in [-0.25, -0.2) is 0 Å². The van der Waals surface area contributed by atoms with Gasteiger partial charge in [0.2, 0.25) is 11.8 Å². The topological polar surface area (TPSA) is 65.5 Å². The zero-order chi connectivity index (χ0) is 17.1. The summed E-state index contributed by atoms with van der Waals surface area (Å²) in [6, 6.07) is 5.78. The number of hydrogen-bond donors (Lipinski definition) is 1. The molecule has 1 unspecified atom stereocenters. The van der Waals surface area contributed by atoms with Crippen LogP contribution < -0.4 is 5.32 Å². The molecule has 1 aromatic heterocycles. The van der Waals surface area contributed by atoms with Gasteiger partial charge in [-0.15, -0.1) is 0 Å². The SMILES string of the molecule is CC(=O)N1CCNCC1C(=O)N1CCC(c2cccc(C)n2)CC1. The van der Waals surface area contributed by atoms with Crippen molar-refractivity contribution < 1.29 is 9.59 Å². The van der Waals surface area contributed by atoms with E-state index in [-0.39, 0.29) is 17.9 Å². The molecule has 0 aromatic carbocycles. The highest BCUT2D eigenvalue weighted by molar-refractivity contribution is 5.87. The number of amides is 2. The Balaban J connectivity index is 1.61. The summed E-state index contributed by atoms with van der Waals surface area (Å²) < 4.78 is 0. The maximum atomic E-state index is 12.8. The first kappa shape index (κ1) is 16.9. The number of nitrogens with zero attached hydrogens (tertiary/aromatic N) is 3. The van der Waals surface area contributed by atoms with Crippen molar-refractivity contribution in [2.45, 2.75) is 38.6 Å². The predicted octanol–water partition coefficient (Wildman–Crippen LogP) is 0.916. The standard InChI is InChI=1S/C18H26N4O2/c1-13-4-3-5-16(20-13)15-6-9-21(10-7-15)18(24)17-12-19-8-11-22(17)14(2)23/h3-5,15,17,19H,6-12H2,1-2H3. The Morgan fingerprint density at radius 2 is 1.96 bits per heavy atom. The van der Waals surface area contributed by atoms with Crippen LogP contribution in [0.2, 0.25) is 0 Å². The van der Waals surface area contributed by atoms with Crippen LogP contribution in [0.1, 0.15) is 37.1 Å². The van der Waals surface area contributed by atoms with Gasteiger partial charge in [0.05, 0.1) is 0 Å². The molecule has 2 fully saturated rings. The van der Waals surface area contributed by atoms with E-state index in [4.69, 9.17) is 0 Å². The molecule has 130 valence electrons. The van der Waals surface area contributed by atoms with Crippen molar-refractivity contribution >= 4 is 11.8 Å². The molecule has 2 saturated heterocycles. The number of piperidine rings is 1. The van der Waals surface area contributed by atoms with E-state index in [9.17, 15) is 9.59 Å². The first-order valence-electron chi connectivity index (χ1n) is 8.76. The first-order chi connectivity index (χ1) is 11.6. The Kier molecular flexibility index (Phi) is 5.14. The van der Waals surface area contributed by atoms with Crippen molar-refractivity contribution in [3.05, 3.63) is 29.6 Å². The Bertz CT molecular complexity index is 611. The molecule has 2 aliphatic rings. The van der Waals surface area contributed by atoms with Gasteiger partial charge in [0.25, 0.3) is 0 Å². The van der Waals surface area contributed by atoms with E-state index >= 15 is 0 Å². The number of hydrogen-bond acceptors (Lipinski definition) is 4. The monoisotopic (exact) mass is 330 g/mol. The average molecular weight is 330 g/mol. The van der Waals surface area contributed by atoms with Crippen molar-refractivity contribution in [3.63, 3.8) is 0 Å². The summed E-state index contributed by atoms with van der Waals surface area (Å²) in [6.45, 7) is 6.94. The number of aryl methyl sites for hydroxylation is 1. The number of carbonyl (C=O) groups is 2. The van der Waals surface area contributed by atoms with Crippen molar-refractivity contribution in [2.24, 2.45) is 0 Å². The summed E-state index contributed by atoms with van der Waals surface area (Å²) in [6.07, 6.45) is 1.87. The molecule has 1 aromatic rings. The fourth-order valence-electron chi connectivity index (χ4n) is 3.70. The smallest absolute Gasteiger partial charge is 0.246 e. The lowest BCUT2D eigenvalue weighted by Crippen LogP contribution is -2.60. The summed E-state index contributed by atoms with van der Waals surface area (Å²) in [5.41, 5.74) is 2.17. The molecule has 6 nitrogen and oxygen atoms in total. The highest BCUT2D eigenvalue weighted by Crippen LogP contribution is 2.27. The maximum Gasteiger partial charge on any atom is 0.246 e. The Hall–Kier alpha value is -1.95. The Labute approximate surface area is 143 Å². The van der Waals surface area contributed by atoms with E-state index in [1.54, 1.807) is 11.8 Å². The third-order valence-electron chi connectivity index (χ3n) is 5.07. The fraction of sp³-hybridized carbons (Fsp3) is 0.611. The van der Waals surface area contributed by atoms with Crippen LogP contribution >= 0.6 is 0 Å². The molecule has 3 rings (SSSR count). The molecule has 24 heavy (non-hydrogen) atoms. The molecular weight excluding hydrogens is 304 g/mol. The van der Waals surface area contributed by atoms with Crippen molar-refractivity contribution in [2.75, 3.05) is 32.7 Å². The highest BCUT2D eigenvalue weighted by atomic mass is 16.2. The summed E-state index contributed by atoms with van der Waals surface area (Å²) in [4.78, 5) is 32.9. The minimum Gasteiger partial charge on any atom is -0.341 e. The van der Waals surface area contributed by atoms with Crippen LogP contribution in [0.3, 0.4) is 0 Å². The van der Waals surface area contributed by atoms with Gasteiger partial charge >= 0.3 is 0 Å². The van der Waals surface area contributed by atoms with Gasteiger partial charge in [0.15, 0.2) is 0 Å². The summed E-state index contributed by atoms with van der Waals surface area (Å²) >= 11 is 0. The molecule has 1 N–H and O–H groups in total. The predicted molar refractivity (Wildman–Crippen MR) is 91.6 cm³/mol. The molecular formula is C18H26N4O2. The summed E-state index contributed by atoms with van der Waals surface area (Å²) in [5, 5.41) is 3.23. The second-order valence-corrected chi connectivity index (χ2v) is 6.74. The van der Waals surface area contributed by atoms with E-state index in [1.807, 2.05) is 24.0 Å². The average Bonchev–Trinajstić information content (AvgIpc) is 2.61. The molecule has 2 amide bonds. The second kappa shape index (κ2) is 7.30. The number of rotatable bonds is 2. The van der Waals surface area contributed by atoms with Gasteiger partial charge in [-0.05, 0) is 31.9 Å². The second-order valence-electron chi connectivity index (χ2n) is 6.74. The van der Waals surface area contributed by atoms with E-state index in [2.05, 4.69) is 16.4 Å². The van der Waals surface area contributed by atoms with Crippen molar-refractivity contribution in [1.82, 2.24) is 20.1 Å². The van der Waals surface area contributed by atoms with E-state index in [0.717, 1.165) is 43.9 Å². The minimum atomic E-state index is -0.357. The van der Waals surface area contributed by atoms with Crippen LogP contribution in [0.4, 0.5) is 0 Å². The Morgan fingerprint density at radius 3 is 2.62 bits per heavy atom. The molecule has 0 bridgehead atoms. The lowest BCUT2D eigenvalue weighted by molar-refractivity contribution is -0.146. The molecule has 6 heteroatoms. The number of likely N-dealkylation sites (tertiary alicyclic amines) is 1. The number of piperazine rings is 1.